The Labute approximate surface area is 203 Å². The fourth-order valence-corrected chi connectivity index (χ4v) is 3.34. The molecule has 2 aromatic carbocycles. The number of nitrogens with one attached hydrogen (secondary N) is 1. The minimum Gasteiger partial charge on any atom is -0.447 e. The molecule has 0 aliphatic rings. The highest BCUT2D eigenvalue weighted by atomic mass is 16.6. The maximum Gasteiger partial charge on any atom is 0.324 e. The highest BCUT2D eigenvalue weighted by Gasteiger charge is 2.32. The summed E-state index contributed by atoms with van der Waals surface area (Å²) in [5.41, 5.74) is 1.14. The van der Waals surface area contributed by atoms with Crippen LogP contribution in [0.5, 0.6) is 0 Å². The van der Waals surface area contributed by atoms with E-state index in [0.29, 0.717) is 4.48 Å². The molecule has 1 N–H and O–H groups in total. The predicted octanol–water partition coefficient (Wildman–Crippen LogP) is 3.49. The van der Waals surface area contributed by atoms with Crippen molar-refractivity contribution >= 4 is 29.2 Å². The molecule has 14 heteroatoms. The molecule has 0 atom stereocenters. The number of hydrogen-bond acceptors (Lipinski definition) is 9. The van der Waals surface area contributed by atoms with Gasteiger partial charge in [0.1, 0.15) is 11.3 Å². The molecular formula is C22H21N6O8+. The molecule has 0 unspecified atom stereocenters. The molecule has 0 fully saturated rings. The summed E-state index contributed by atoms with van der Waals surface area (Å²) in [4.78, 5) is 44.7. The van der Waals surface area contributed by atoms with E-state index in [1.807, 2.05) is 0 Å². The van der Waals surface area contributed by atoms with E-state index in [1.54, 1.807) is 21.1 Å². The van der Waals surface area contributed by atoms with Crippen molar-refractivity contribution in [3.05, 3.63) is 84.6 Å². The van der Waals surface area contributed by atoms with E-state index in [-0.39, 0.29) is 46.1 Å². The number of amides is 1. The number of carbonyl (C=O) groups excluding carboxylic acids is 1. The molecule has 0 saturated carbocycles. The van der Waals surface area contributed by atoms with Crippen LogP contribution in [0, 0.1) is 30.3 Å². The summed E-state index contributed by atoms with van der Waals surface area (Å²) in [6.45, 7) is 0.0788. The lowest BCUT2D eigenvalue weighted by Gasteiger charge is -2.21. The normalized spacial score (nSPS) is 11.4. The Kier molecular flexibility index (Phi) is 7.20. The zero-order valence-electron chi connectivity index (χ0n) is 19.4. The average molecular weight is 497 g/mol. The lowest BCUT2D eigenvalue weighted by atomic mass is 9.99. The van der Waals surface area contributed by atoms with Crippen LogP contribution in [0.4, 0.5) is 17.1 Å². The summed E-state index contributed by atoms with van der Waals surface area (Å²) in [5, 5.41) is 38.4. The number of benzene rings is 2. The summed E-state index contributed by atoms with van der Waals surface area (Å²) in [7, 11) is 5.37. The second-order valence-electron chi connectivity index (χ2n) is 8.63. The molecule has 3 aromatic rings. The monoisotopic (exact) mass is 497 g/mol. The molecule has 0 spiro atoms. The molecule has 0 radical (unpaired) electrons. The summed E-state index contributed by atoms with van der Waals surface area (Å²) in [5.74, 6) is -0.954. The van der Waals surface area contributed by atoms with Crippen LogP contribution in [0.1, 0.15) is 5.76 Å². The quantitative estimate of drug-likeness (QED) is 0.201. The molecule has 36 heavy (non-hydrogen) atoms. The van der Waals surface area contributed by atoms with Gasteiger partial charge in [0.2, 0.25) is 5.76 Å². The number of hydrazone groups is 1. The van der Waals surface area contributed by atoms with Crippen LogP contribution in [0.15, 0.2) is 58.0 Å². The Morgan fingerprint density at radius 3 is 2.03 bits per heavy atom. The van der Waals surface area contributed by atoms with Crippen molar-refractivity contribution in [3.8, 4) is 22.5 Å². The van der Waals surface area contributed by atoms with Crippen molar-refractivity contribution in [2.24, 2.45) is 5.10 Å². The van der Waals surface area contributed by atoms with Crippen LogP contribution in [0.2, 0.25) is 0 Å². The highest BCUT2D eigenvalue weighted by molar-refractivity contribution is 5.96. The third-order valence-corrected chi connectivity index (χ3v) is 4.75. The van der Waals surface area contributed by atoms with Crippen molar-refractivity contribution in [1.82, 2.24) is 5.43 Å². The fourth-order valence-electron chi connectivity index (χ4n) is 3.34. The maximum absolute atomic E-state index is 12.1. The Bertz CT molecular complexity index is 1390. The summed E-state index contributed by atoms with van der Waals surface area (Å²) in [6, 6.07) is 10.3. The second kappa shape index (κ2) is 10.1. The third kappa shape index (κ3) is 5.92. The number of furan rings is 1. The van der Waals surface area contributed by atoms with Gasteiger partial charge in [-0.15, -0.1) is 0 Å². The minimum absolute atomic E-state index is 0.0786. The molecule has 1 aromatic heterocycles. The van der Waals surface area contributed by atoms with Gasteiger partial charge in [-0.05, 0) is 5.56 Å². The van der Waals surface area contributed by atoms with Gasteiger partial charge in [-0.25, -0.2) is 5.43 Å². The first kappa shape index (κ1) is 25.6. The molecule has 14 nitrogen and oxygen atoms in total. The lowest BCUT2D eigenvalue weighted by molar-refractivity contribution is -0.862. The minimum atomic E-state index is -0.756. The van der Waals surface area contributed by atoms with Gasteiger partial charge in [-0.3, -0.25) is 35.1 Å². The number of quaternary nitrogens is 1. The number of likely N-dealkylation sites (N-methyl/N-ethyl adjacent to an activating group) is 1. The van der Waals surface area contributed by atoms with E-state index in [1.165, 1.54) is 36.4 Å². The zero-order valence-corrected chi connectivity index (χ0v) is 19.4. The van der Waals surface area contributed by atoms with Gasteiger partial charge < -0.3 is 8.90 Å². The first-order valence-corrected chi connectivity index (χ1v) is 10.3. The smallest absolute Gasteiger partial charge is 0.324 e. The SMILES string of the molecule is C[N+](C)(C)CC(=O)NN=Cc1oc(-c2cccc([N+](=O)[O-])c2)c(-c2cccc([N+](=O)[O-])c2)c1[N+](=O)[O-]. The number of nitro benzene ring substituents is 2. The van der Waals surface area contributed by atoms with Crippen molar-refractivity contribution in [1.29, 1.82) is 0 Å². The number of carbonyl (C=O) groups is 1. The molecule has 0 bridgehead atoms. The molecule has 3 rings (SSSR count). The van der Waals surface area contributed by atoms with Crippen molar-refractivity contribution in [2.75, 3.05) is 27.7 Å². The molecule has 0 saturated heterocycles. The Hall–Kier alpha value is -4.98. The average Bonchev–Trinajstić information content (AvgIpc) is 3.18. The van der Waals surface area contributed by atoms with Gasteiger partial charge >= 0.3 is 5.69 Å². The van der Waals surface area contributed by atoms with E-state index in [0.717, 1.165) is 18.3 Å². The number of non-ortho nitro benzene ring substituents is 2. The summed E-state index contributed by atoms with van der Waals surface area (Å²) < 4.78 is 6.04. The van der Waals surface area contributed by atoms with Crippen LogP contribution < -0.4 is 5.43 Å². The first-order chi connectivity index (χ1) is 16.9. The van der Waals surface area contributed by atoms with Gasteiger partial charge in [0.05, 0.1) is 42.1 Å². The predicted molar refractivity (Wildman–Crippen MR) is 128 cm³/mol. The lowest BCUT2D eigenvalue weighted by Crippen LogP contribution is -2.43. The number of nitro groups is 3. The van der Waals surface area contributed by atoms with Crippen LogP contribution in [0.3, 0.4) is 0 Å². The Morgan fingerprint density at radius 2 is 1.50 bits per heavy atom. The number of nitrogens with zero attached hydrogens (tertiary/aromatic N) is 5. The maximum atomic E-state index is 12.1. The molecular weight excluding hydrogens is 476 g/mol. The van der Waals surface area contributed by atoms with Crippen LogP contribution in [-0.2, 0) is 4.79 Å². The topological polar surface area (TPSA) is 184 Å². The first-order valence-electron chi connectivity index (χ1n) is 10.3. The van der Waals surface area contributed by atoms with Crippen LogP contribution in [-0.4, -0.2) is 59.1 Å². The van der Waals surface area contributed by atoms with Crippen LogP contribution >= 0.6 is 0 Å². The van der Waals surface area contributed by atoms with E-state index < -0.39 is 26.4 Å². The number of hydrogen-bond donors (Lipinski definition) is 1. The molecule has 186 valence electrons. The van der Waals surface area contributed by atoms with E-state index in [4.69, 9.17) is 4.42 Å². The van der Waals surface area contributed by atoms with Crippen molar-refractivity contribution < 1.29 is 28.5 Å². The largest absolute Gasteiger partial charge is 0.447 e. The Morgan fingerprint density at radius 1 is 0.944 bits per heavy atom. The highest BCUT2D eigenvalue weighted by Crippen LogP contribution is 2.44. The molecule has 0 aliphatic heterocycles. The zero-order chi connectivity index (χ0) is 26.6. The van der Waals surface area contributed by atoms with E-state index in [2.05, 4.69) is 10.5 Å². The standard InChI is InChI=1S/C22H20N6O8/c1-28(2,3)13-19(29)24-23-12-18-21(27(34)35)20(14-6-4-8-16(10-14)25(30)31)22(36-18)15-7-5-9-17(11-15)26(32)33/h4-12H,13H2,1-3H3/p+1. The van der Waals surface area contributed by atoms with Crippen molar-refractivity contribution in [3.63, 3.8) is 0 Å². The summed E-state index contributed by atoms with van der Waals surface area (Å²) >= 11 is 0. The van der Waals surface area contributed by atoms with Gasteiger partial charge in [0.15, 0.2) is 6.54 Å². The second-order valence-corrected chi connectivity index (χ2v) is 8.63. The van der Waals surface area contributed by atoms with Gasteiger partial charge in [-0.2, -0.15) is 5.10 Å². The van der Waals surface area contributed by atoms with Crippen molar-refractivity contribution in [2.45, 2.75) is 0 Å². The molecule has 1 heterocycles. The fraction of sp³-hybridized carbons (Fsp3) is 0.182. The molecule has 0 aliphatic carbocycles. The van der Waals surface area contributed by atoms with E-state index >= 15 is 0 Å². The van der Waals surface area contributed by atoms with Crippen LogP contribution in [0.25, 0.3) is 22.5 Å². The van der Waals surface area contributed by atoms with Gasteiger partial charge in [0, 0.05) is 29.8 Å². The molecule has 1 amide bonds. The number of rotatable bonds is 9. The Balaban J connectivity index is 2.20. The summed E-state index contributed by atoms with van der Waals surface area (Å²) in [6.07, 6.45) is 0.938. The van der Waals surface area contributed by atoms with Gasteiger partial charge in [0.25, 0.3) is 17.3 Å². The van der Waals surface area contributed by atoms with E-state index in [9.17, 15) is 35.1 Å². The third-order valence-electron chi connectivity index (χ3n) is 4.75. The van der Waals surface area contributed by atoms with Gasteiger partial charge in [-0.1, -0.05) is 24.3 Å².